The normalized spacial score (nSPS) is 11.6. The third-order valence-corrected chi connectivity index (χ3v) is 1.94. The first kappa shape index (κ1) is 12.0. The lowest BCUT2D eigenvalue weighted by Crippen LogP contribution is -2.24. The van der Waals surface area contributed by atoms with Crippen molar-refractivity contribution >= 4 is 17.4 Å². The second kappa shape index (κ2) is 3.81. The average Bonchev–Trinajstić information content (AvgIpc) is 2.08. The highest BCUT2D eigenvalue weighted by molar-refractivity contribution is 6.31. The summed E-state index contributed by atoms with van der Waals surface area (Å²) in [5, 5.41) is -0.110. The van der Waals surface area contributed by atoms with Crippen LogP contribution in [0.4, 0.5) is 17.6 Å². The van der Waals surface area contributed by atoms with Gasteiger partial charge in [-0.05, 0) is 24.6 Å². The maximum absolute atomic E-state index is 13.2. The minimum Gasteiger partial charge on any atom is -0.284 e. The van der Waals surface area contributed by atoms with Crippen molar-refractivity contribution in [2.45, 2.75) is 13.1 Å². The number of carbonyl (C=O) groups is 1. The summed E-state index contributed by atoms with van der Waals surface area (Å²) in [4.78, 5) is 10.8. The second-order valence-electron chi connectivity index (χ2n) is 2.91. The Hall–Kier alpha value is -1.10. The Morgan fingerprint density at radius 2 is 1.87 bits per heavy atom. The molecule has 82 valence electrons. The number of hydrogen-bond acceptors (Lipinski definition) is 1. The van der Waals surface area contributed by atoms with Crippen molar-refractivity contribution < 1.29 is 22.4 Å². The SMILES string of the molecule is Cc1cc(Cl)cc(C(=O)C(F)(F)F)c1F. The summed E-state index contributed by atoms with van der Waals surface area (Å²) in [5.41, 5.74) is -1.15. The molecule has 0 unspecified atom stereocenters. The van der Waals surface area contributed by atoms with Gasteiger partial charge in [0.15, 0.2) is 0 Å². The molecule has 0 atom stereocenters. The Bertz CT molecular complexity index is 411. The zero-order chi connectivity index (χ0) is 11.8. The molecule has 0 aliphatic rings. The number of hydrogen-bond donors (Lipinski definition) is 0. The van der Waals surface area contributed by atoms with Crippen molar-refractivity contribution in [3.8, 4) is 0 Å². The van der Waals surface area contributed by atoms with E-state index in [4.69, 9.17) is 11.6 Å². The second-order valence-corrected chi connectivity index (χ2v) is 3.35. The molecular formula is C9H5ClF4O. The van der Waals surface area contributed by atoms with E-state index >= 15 is 0 Å². The molecule has 0 heterocycles. The fraction of sp³-hybridized carbons (Fsp3) is 0.222. The number of carbonyl (C=O) groups excluding carboxylic acids is 1. The summed E-state index contributed by atoms with van der Waals surface area (Å²) in [6.45, 7) is 1.23. The van der Waals surface area contributed by atoms with Crippen molar-refractivity contribution in [3.63, 3.8) is 0 Å². The van der Waals surface area contributed by atoms with Gasteiger partial charge >= 0.3 is 6.18 Å². The Kier molecular flexibility index (Phi) is 3.04. The Balaban J connectivity index is 3.32. The van der Waals surface area contributed by atoms with Crippen LogP contribution < -0.4 is 0 Å². The first-order valence-electron chi connectivity index (χ1n) is 3.80. The van der Waals surface area contributed by atoms with E-state index in [0.717, 1.165) is 6.07 Å². The van der Waals surface area contributed by atoms with Gasteiger partial charge < -0.3 is 0 Å². The topological polar surface area (TPSA) is 17.1 Å². The quantitative estimate of drug-likeness (QED) is 0.542. The van der Waals surface area contributed by atoms with E-state index in [-0.39, 0.29) is 10.6 Å². The van der Waals surface area contributed by atoms with Crippen molar-refractivity contribution in [2.75, 3.05) is 0 Å². The predicted octanol–water partition coefficient (Wildman–Crippen LogP) is 3.53. The third-order valence-electron chi connectivity index (χ3n) is 1.72. The van der Waals surface area contributed by atoms with E-state index in [0.29, 0.717) is 6.07 Å². The number of benzene rings is 1. The average molecular weight is 241 g/mol. The molecule has 0 saturated heterocycles. The minimum absolute atomic E-state index is 0.102. The number of Topliss-reactive ketones (excluding diaryl/α,β-unsaturated/α-hetero) is 1. The lowest BCUT2D eigenvalue weighted by Gasteiger charge is -2.08. The van der Waals surface area contributed by atoms with E-state index in [1.165, 1.54) is 6.92 Å². The van der Waals surface area contributed by atoms with Crippen molar-refractivity contribution in [2.24, 2.45) is 0 Å². The number of aryl methyl sites for hydroxylation is 1. The molecule has 0 fully saturated rings. The predicted molar refractivity (Wildman–Crippen MR) is 46.5 cm³/mol. The van der Waals surface area contributed by atoms with E-state index in [1.54, 1.807) is 0 Å². The molecule has 0 aliphatic carbocycles. The van der Waals surface area contributed by atoms with Gasteiger partial charge in [-0.1, -0.05) is 11.6 Å². The molecule has 0 N–H and O–H groups in total. The lowest BCUT2D eigenvalue weighted by molar-refractivity contribution is -0.0887. The summed E-state index contributed by atoms with van der Waals surface area (Å²) in [7, 11) is 0. The Morgan fingerprint density at radius 1 is 1.33 bits per heavy atom. The number of rotatable bonds is 1. The smallest absolute Gasteiger partial charge is 0.284 e. The molecule has 1 nitrogen and oxygen atoms in total. The third kappa shape index (κ3) is 2.47. The Morgan fingerprint density at radius 3 is 2.33 bits per heavy atom. The van der Waals surface area contributed by atoms with Crippen molar-refractivity contribution in [1.82, 2.24) is 0 Å². The maximum Gasteiger partial charge on any atom is 0.454 e. The van der Waals surface area contributed by atoms with Crippen molar-refractivity contribution in [3.05, 3.63) is 34.1 Å². The van der Waals surface area contributed by atoms with E-state index in [1.807, 2.05) is 0 Å². The molecule has 15 heavy (non-hydrogen) atoms. The van der Waals surface area contributed by atoms with Crippen LogP contribution in [0.2, 0.25) is 5.02 Å². The van der Waals surface area contributed by atoms with Crippen LogP contribution in [0.15, 0.2) is 12.1 Å². The molecule has 0 saturated carbocycles. The molecule has 0 bridgehead atoms. The number of ketones is 1. The molecular weight excluding hydrogens is 236 g/mol. The standard InChI is InChI=1S/C9H5ClF4O/c1-4-2-5(10)3-6(7(4)11)8(15)9(12,13)14/h2-3H,1H3. The molecule has 1 aromatic carbocycles. The van der Waals surface area contributed by atoms with Gasteiger partial charge in [0.05, 0.1) is 5.56 Å². The zero-order valence-corrected chi connectivity index (χ0v) is 8.21. The molecule has 0 aromatic heterocycles. The molecule has 0 aliphatic heterocycles. The summed E-state index contributed by atoms with van der Waals surface area (Å²) < 4.78 is 49.2. The van der Waals surface area contributed by atoms with Gasteiger partial charge in [-0.25, -0.2) is 4.39 Å². The van der Waals surface area contributed by atoms with Gasteiger partial charge in [-0.15, -0.1) is 0 Å². The molecule has 0 amide bonds. The van der Waals surface area contributed by atoms with Gasteiger partial charge in [-0.2, -0.15) is 13.2 Å². The molecule has 6 heteroatoms. The van der Waals surface area contributed by atoms with Crippen molar-refractivity contribution in [1.29, 1.82) is 0 Å². The van der Waals surface area contributed by atoms with E-state index < -0.39 is 23.3 Å². The summed E-state index contributed by atoms with van der Waals surface area (Å²) in [6, 6.07) is 1.81. The maximum atomic E-state index is 13.2. The van der Waals surface area contributed by atoms with Gasteiger partial charge in [0.25, 0.3) is 5.78 Å². The van der Waals surface area contributed by atoms with Crippen LogP contribution in [0.1, 0.15) is 15.9 Å². The van der Waals surface area contributed by atoms with E-state index in [2.05, 4.69) is 0 Å². The highest BCUT2D eigenvalue weighted by atomic mass is 35.5. The van der Waals surface area contributed by atoms with Gasteiger partial charge in [-0.3, -0.25) is 4.79 Å². The van der Waals surface area contributed by atoms with Gasteiger partial charge in [0.1, 0.15) is 5.82 Å². The summed E-state index contributed by atoms with van der Waals surface area (Å²) in [5.74, 6) is -3.42. The molecule has 1 rings (SSSR count). The zero-order valence-electron chi connectivity index (χ0n) is 7.45. The summed E-state index contributed by atoms with van der Waals surface area (Å²) in [6.07, 6.45) is -5.10. The van der Waals surface area contributed by atoms with E-state index in [9.17, 15) is 22.4 Å². The summed E-state index contributed by atoms with van der Waals surface area (Å²) >= 11 is 5.43. The monoisotopic (exact) mass is 240 g/mol. The van der Waals surface area contributed by atoms with Gasteiger partial charge in [0, 0.05) is 5.02 Å². The molecule has 1 aromatic rings. The molecule has 0 spiro atoms. The number of alkyl halides is 3. The number of halogens is 5. The fourth-order valence-electron chi connectivity index (χ4n) is 1.04. The highest BCUT2D eigenvalue weighted by Gasteiger charge is 2.41. The largest absolute Gasteiger partial charge is 0.454 e. The lowest BCUT2D eigenvalue weighted by atomic mass is 10.1. The first-order chi connectivity index (χ1) is 6.73. The van der Waals surface area contributed by atoms with Crippen LogP contribution in [0.25, 0.3) is 0 Å². The fourth-order valence-corrected chi connectivity index (χ4v) is 1.32. The minimum atomic E-state index is -5.10. The van der Waals surface area contributed by atoms with Crippen LogP contribution in [0, 0.1) is 12.7 Å². The first-order valence-corrected chi connectivity index (χ1v) is 4.18. The van der Waals surface area contributed by atoms with Crippen LogP contribution in [-0.4, -0.2) is 12.0 Å². The van der Waals surface area contributed by atoms with Crippen LogP contribution in [-0.2, 0) is 0 Å². The highest BCUT2D eigenvalue weighted by Crippen LogP contribution is 2.26. The van der Waals surface area contributed by atoms with Crippen LogP contribution >= 0.6 is 11.6 Å². The van der Waals surface area contributed by atoms with Gasteiger partial charge in [0.2, 0.25) is 0 Å². The van der Waals surface area contributed by atoms with Crippen LogP contribution in [0.5, 0.6) is 0 Å². The Labute approximate surface area is 87.7 Å². The van der Waals surface area contributed by atoms with Crippen LogP contribution in [0.3, 0.4) is 0 Å². The molecule has 0 radical (unpaired) electrons.